The summed E-state index contributed by atoms with van der Waals surface area (Å²) in [4.78, 5) is 37.0. The maximum absolute atomic E-state index is 13.3. The molecule has 1 atom stereocenters. The van der Waals surface area contributed by atoms with Gasteiger partial charge in [0.15, 0.2) is 0 Å². The van der Waals surface area contributed by atoms with Crippen molar-refractivity contribution in [1.29, 1.82) is 0 Å². The summed E-state index contributed by atoms with van der Waals surface area (Å²) in [6.07, 6.45) is 3.09. The number of non-ortho nitro benzene ring substituents is 1. The molecule has 43 heavy (non-hydrogen) atoms. The van der Waals surface area contributed by atoms with Gasteiger partial charge >= 0.3 is 11.9 Å². The number of methoxy groups -OCH3 is 1. The topological polar surface area (TPSA) is 146 Å². The first-order chi connectivity index (χ1) is 20.7. The van der Waals surface area contributed by atoms with Crippen LogP contribution in [0, 0.1) is 10.1 Å². The molecule has 0 radical (unpaired) electrons. The standard InChI is InChI=1S/C31H33ClN4O7/c1-19-27(30(37)41-3)29(22-11-9-13-24(17-22)36(39)40)28(20(2)33-19)31(38)43-15-7-5-4-6-14-42-26-18-25(34-35-26)21-10-8-12-23(32)16-21/h8-13,16-18,29,33H,4-7,14-15H2,1-3H3,(H,34,35). The van der Waals surface area contributed by atoms with Gasteiger partial charge in [0.1, 0.15) is 0 Å². The van der Waals surface area contributed by atoms with Crippen molar-refractivity contribution >= 4 is 29.2 Å². The Bertz CT molecular complexity index is 1560. The number of nitrogens with one attached hydrogen (secondary N) is 2. The molecule has 0 spiro atoms. The smallest absolute Gasteiger partial charge is 0.336 e. The number of aromatic nitrogens is 2. The predicted molar refractivity (Wildman–Crippen MR) is 160 cm³/mol. The summed E-state index contributed by atoms with van der Waals surface area (Å²) in [5.41, 5.74) is 3.39. The zero-order chi connectivity index (χ0) is 30.9. The molecular weight excluding hydrogens is 576 g/mol. The van der Waals surface area contributed by atoms with E-state index in [9.17, 15) is 19.7 Å². The van der Waals surface area contributed by atoms with Crippen molar-refractivity contribution in [1.82, 2.24) is 15.5 Å². The lowest BCUT2D eigenvalue weighted by Crippen LogP contribution is -2.32. The van der Waals surface area contributed by atoms with Gasteiger partial charge in [-0.05, 0) is 57.2 Å². The molecule has 4 rings (SSSR count). The third kappa shape index (κ3) is 7.81. The number of carbonyl (C=O) groups is 2. The van der Waals surface area contributed by atoms with Gasteiger partial charge < -0.3 is 19.5 Å². The molecule has 2 N–H and O–H groups in total. The third-order valence-electron chi connectivity index (χ3n) is 7.01. The van der Waals surface area contributed by atoms with E-state index < -0.39 is 22.8 Å². The number of esters is 2. The average molecular weight is 609 g/mol. The van der Waals surface area contributed by atoms with Gasteiger partial charge in [0.05, 0.1) is 48.0 Å². The van der Waals surface area contributed by atoms with Gasteiger partial charge in [-0.15, -0.1) is 5.10 Å². The highest BCUT2D eigenvalue weighted by atomic mass is 35.5. The van der Waals surface area contributed by atoms with Crippen LogP contribution < -0.4 is 10.1 Å². The molecule has 0 saturated carbocycles. The first-order valence-electron chi connectivity index (χ1n) is 13.8. The molecule has 0 amide bonds. The lowest BCUT2D eigenvalue weighted by atomic mass is 9.80. The van der Waals surface area contributed by atoms with Crippen LogP contribution in [0.2, 0.25) is 5.02 Å². The maximum atomic E-state index is 13.3. The molecule has 11 nitrogen and oxygen atoms in total. The van der Waals surface area contributed by atoms with E-state index in [0.717, 1.165) is 30.5 Å². The highest BCUT2D eigenvalue weighted by Gasteiger charge is 2.38. The zero-order valence-electron chi connectivity index (χ0n) is 24.1. The molecule has 12 heteroatoms. The number of H-pyrrole nitrogens is 1. The van der Waals surface area contributed by atoms with Gasteiger partial charge in [0.2, 0.25) is 5.88 Å². The molecule has 0 saturated heterocycles. The number of dihydropyridines is 1. The summed E-state index contributed by atoms with van der Waals surface area (Å²) in [5.74, 6) is -1.63. The molecule has 0 bridgehead atoms. The number of nitro groups is 1. The second-order valence-corrected chi connectivity index (χ2v) is 10.4. The summed E-state index contributed by atoms with van der Waals surface area (Å²) in [6.45, 7) is 4.06. The zero-order valence-corrected chi connectivity index (χ0v) is 24.9. The minimum absolute atomic E-state index is 0.152. The number of nitro benzene ring substituents is 1. The Morgan fingerprint density at radius 1 is 0.953 bits per heavy atom. The van der Waals surface area contributed by atoms with Crippen molar-refractivity contribution in [2.75, 3.05) is 20.3 Å². The molecule has 0 fully saturated rings. The maximum Gasteiger partial charge on any atom is 0.336 e. The summed E-state index contributed by atoms with van der Waals surface area (Å²) >= 11 is 6.06. The number of ether oxygens (including phenoxy) is 3. The fraction of sp³-hybridized carbons (Fsp3) is 0.323. The Balaban J connectivity index is 1.29. The van der Waals surface area contributed by atoms with E-state index in [0.29, 0.717) is 40.9 Å². The van der Waals surface area contributed by atoms with Crippen LogP contribution in [0.5, 0.6) is 5.88 Å². The van der Waals surface area contributed by atoms with E-state index in [2.05, 4.69) is 15.5 Å². The van der Waals surface area contributed by atoms with E-state index >= 15 is 0 Å². The van der Waals surface area contributed by atoms with Crippen LogP contribution in [0.15, 0.2) is 77.1 Å². The number of hydrogen-bond acceptors (Lipinski definition) is 9. The van der Waals surface area contributed by atoms with Crippen molar-refractivity contribution in [2.24, 2.45) is 0 Å². The lowest BCUT2D eigenvalue weighted by Gasteiger charge is -2.30. The van der Waals surface area contributed by atoms with Gasteiger partial charge in [-0.3, -0.25) is 15.2 Å². The molecular formula is C31H33ClN4O7. The normalized spacial score (nSPS) is 14.7. The van der Waals surface area contributed by atoms with Crippen LogP contribution in [-0.4, -0.2) is 47.4 Å². The summed E-state index contributed by atoms with van der Waals surface area (Å²) in [6, 6.07) is 15.2. The molecule has 3 aromatic rings. The molecule has 2 aromatic carbocycles. The van der Waals surface area contributed by atoms with E-state index in [1.165, 1.54) is 25.3 Å². The number of rotatable bonds is 13. The minimum atomic E-state index is -0.889. The number of halogens is 1. The lowest BCUT2D eigenvalue weighted by molar-refractivity contribution is -0.384. The highest BCUT2D eigenvalue weighted by Crippen LogP contribution is 2.40. The predicted octanol–water partition coefficient (Wildman–Crippen LogP) is 6.23. The fourth-order valence-corrected chi connectivity index (χ4v) is 5.14. The number of unbranched alkanes of at least 4 members (excludes halogenated alkanes) is 3. The van der Waals surface area contributed by atoms with Crippen LogP contribution in [0.4, 0.5) is 5.69 Å². The number of aromatic amines is 1. The van der Waals surface area contributed by atoms with Crippen molar-refractivity contribution in [3.8, 4) is 17.1 Å². The highest BCUT2D eigenvalue weighted by molar-refractivity contribution is 6.30. The average Bonchev–Trinajstić information content (AvgIpc) is 3.46. The minimum Gasteiger partial charge on any atom is -0.477 e. The Hall–Kier alpha value is -4.64. The first kappa shape index (κ1) is 31.3. The third-order valence-corrected chi connectivity index (χ3v) is 7.25. The number of benzene rings is 2. The summed E-state index contributed by atoms with van der Waals surface area (Å²) in [7, 11) is 1.24. The van der Waals surface area contributed by atoms with Crippen LogP contribution >= 0.6 is 11.6 Å². The number of allylic oxidation sites excluding steroid dienone is 2. The van der Waals surface area contributed by atoms with Gasteiger partial charge in [-0.25, -0.2) is 9.59 Å². The van der Waals surface area contributed by atoms with Gasteiger partial charge in [-0.1, -0.05) is 35.9 Å². The first-order valence-corrected chi connectivity index (χ1v) is 14.2. The Labute approximate surface area is 254 Å². The molecule has 226 valence electrons. The quantitative estimate of drug-likeness (QED) is 0.0997. The van der Waals surface area contributed by atoms with Gasteiger partial charge in [-0.2, -0.15) is 0 Å². The molecule has 0 aliphatic carbocycles. The van der Waals surface area contributed by atoms with Gasteiger partial charge in [0, 0.05) is 40.2 Å². The van der Waals surface area contributed by atoms with Crippen molar-refractivity contribution < 1.29 is 28.7 Å². The molecule has 1 aliphatic rings. The number of nitrogens with zero attached hydrogens (tertiary/aromatic N) is 2. The summed E-state index contributed by atoms with van der Waals surface area (Å²) in [5, 5.41) is 22.3. The van der Waals surface area contributed by atoms with Crippen LogP contribution in [0.1, 0.15) is 51.0 Å². The fourth-order valence-electron chi connectivity index (χ4n) is 4.95. The second-order valence-electron chi connectivity index (χ2n) is 10.0. The van der Waals surface area contributed by atoms with Crippen molar-refractivity contribution in [3.05, 3.63) is 97.8 Å². The Kier molecular flexibility index (Phi) is 10.6. The molecule has 1 unspecified atom stereocenters. The van der Waals surface area contributed by atoms with Gasteiger partial charge in [0.25, 0.3) is 5.69 Å². The number of hydrogen-bond donors (Lipinski definition) is 2. The van der Waals surface area contributed by atoms with Crippen LogP contribution in [0.3, 0.4) is 0 Å². The SMILES string of the molecule is COC(=O)C1=C(C)NC(C)=C(C(=O)OCCCCCCOc2cc(-c3cccc(Cl)c3)[nH]n2)C1c1cccc([N+](=O)[O-])c1. The van der Waals surface area contributed by atoms with Crippen molar-refractivity contribution in [3.63, 3.8) is 0 Å². The molecule has 2 heterocycles. The van der Waals surface area contributed by atoms with Crippen LogP contribution in [-0.2, 0) is 19.1 Å². The Morgan fingerprint density at radius 2 is 1.65 bits per heavy atom. The second kappa shape index (κ2) is 14.5. The largest absolute Gasteiger partial charge is 0.477 e. The van der Waals surface area contributed by atoms with E-state index in [4.69, 9.17) is 25.8 Å². The summed E-state index contributed by atoms with van der Waals surface area (Å²) < 4.78 is 16.3. The van der Waals surface area contributed by atoms with E-state index in [-0.39, 0.29) is 23.4 Å². The molecule has 1 aliphatic heterocycles. The number of carbonyl (C=O) groups excluding carboxylic acids is 2. The van der Waals surface area contributed by atoms with E-state index in [1.54, 1.807) is 19.9 Å². The monoisotopic (exact) mass is 608 g/mol. The van der Waals surface area contributed by atoms with E-state index in [1.807, 2.05) is 30.3 Å². The molecule has 1 aromatic heterocycles. The van der Waals surface area contributed by atoms with Crippen LogP contribution in [0.25, 0.3) is 11.3 Å². The Morgan fingerprint density at radius 3 is 2.35 bits per heavy atom. The van der Waals surface area contributed by atoms with Crippen molar-refractivity contribution in [2.45, 2.75) is 45.4 Å².